The van der Waals surface area contributed by atoms with Crippen molar-refractivity contribution in [2.75, 3.05) is 39.1 Å². The molecule has 0 spiro atoms. The van der Waals surface area contributed by atoms with Crippen molar-refractivity contribution >= 4 is 35.3 Å². The number of piperidine rings is 1. The molecule has 3 aromatic carbocycles. The van der Waals surface area contributed by atoms with Gasteiger partial charge in [0.1, 0.15) is 11.4 Å². The number of carbonyl (C=O) groups excluding carboxylic acids is 4. The topological polar surface area (TPSA) is 172 Å². The second-order valence-electron chi connectivity index (χ2n) is 15.1. The molecule has 0 bridgehead atoms. The van der Waals surface area contributed by atoms with Crippen LogP contribution in [0.5, 0.6) is 5.75 Å². The molecule has 56 heavy (non-hydrogen) atoms. The van der Waals surface area contributed by atoms with Gasteiger partial charge >= 0.3 is 0 Å². The fraction of sp³-hybridized carbons (Fsp3) is 0.310. The summed E-state index contributed by atoms with van der Waals surface area (Å²) >= 11 is 0. The van der Waals surface area contributed by atoms with Gasteiger partial charge in [-0.25, -0.2) is 9.97 Å². The molecule has 0 saturated carbocycles. The third-order valence-electron chi connectivity index (χ3n) is 10.9. The highest BCUT2D eigenvalue weighted by molar-refractivity contribution is 6.21. The molecule has 8 rings (SSSR count). The van der Waals surface area contributed by atoms with Gasteiger partial charge in [-0.3, -0.25) is 24.1 Å². The number of fused-ring (bicyclic) bond motifs is 4. The van der Waals surface area contributed by atoms with E-state index in [4.69, 9.17) is 14.2 Å². The number of nitrogens with one attached hydrogen (secondary N) is 3. The predicted molar refractivity (Wildman–Crippen MR) is 207 cm³/mol. The molecule has 3 N–H and O–H groups in total. The number of aromatic nitrogens is 3. The number of amides is 4. The fourth-order valence-corrected chi connectivity index (χ4v) is 7.70. The van der Waals surface area contributed by atoms with Crippen LogP contribution < -0.4 is 20.7 Å². The number of methoxy groups -OCH3 is 1. The lowest BCUT2D eigenvalue weighted by molar-refractivity contribution is 0.0628. The van der Waals surface area contributed by atoms with Gasteiger partial charge < -0.3 is 30.1 Å². The van der Waals surface area contributed by atoms with Crippen LogP contribution in [-0.2, 0) is 11.8 Å². The van der Waals surface area contributed by atoms with E-state index < -0.39 is 29.2 Å². The van der Waals surface area contributed by atoms with E-state index in [1.54, 1.807) is 48.7 Å². The average Bonchev–Trinajstić information content (AvgIpc) is 3.73. The van der Waals surface area contributed by atoms with Gasteiger partial charge in [0, 0.05) is 28.9 Å². The van der Waals surface area contributed by atoms with E-state index in [-0.39, 0.29) is 30.1 Å². The van der Waals surface area contributed by atoms with Crippen LogP contribution in [0.2, 0.25) is 0 Å². The Balaban J connectivity index is 1.03. The minimum atomic E-state index is -0.734. The van der Waals surface area contributed by atoms with Crippen molar-refractivity contribution in [3.63, 3.8) is 0 Å². The first-order valence-corrected chi connectivity index (χ1v) is 18.6. The fourth-order valence-electron chi connectivity index (χ4n) is 7.70. The van der Waals surface area contributed by atoms with E-state index in [0.29, 0.717) is 57.1 Å². The maximum absolute atomic E-state index is 14.1. The molecule has 14 heteroatoms. The quantitative estimate of drug-likeness (QED) is 0.158. The molecule has 0 unspecified atom stereocenters. The zero-order chi connectivity index (χ0) is 39.1. The molecule has 4 heterocycles. The Morgan fingerprint density at radius 2 is 1.66 bits per heavy atom. The predicted octanol–water partition coefficient (Wildman–Crippen LogP) is 5.31. The molecule has 3 aliphatic rings. The number of likely N-dealkylation sites (tertiary alicyclic amines) is 1. The Morgan fingerprint density at radius 3 is 2.36 bits per heavy atom. The first-order valence-electron chi connectivity index (χ1n) is 18.6. The normalized spacial score (nSPS) is 16.8. The van der Waals surface area contributed by atoms with Crippen LogP contribution in [-0.4, -0.2) is 88.4 Å². The number of imide groups is 1. The molecule has 4 amide bonds. The van der Waals surface area contributed by atoms with Gasteiger partial charge in [0.25, 0.3) is 23.6 Å². The number of carbonyl (C=O) groups is 4. The summed E-state index contributed by atoms with van der Waals surface area (Å²) in [5, 5.41) is 13.6. The van der Waals surface area contributed by atoms with Gasteiger partial charge in [-0.1, -0.05) is 61.5 Å². The Labute approximate surface area is 323 Å². The zero-order valence-corrected chi connectivity index (χ0v) is 31.6. The van der Waals surface area contributed by atoms with Crippen molar-refractivity contribution in [2.45, 2.75) is 50.6 Å². The smallest absolute Gasteiger partial charge is 0.274 e. The minimum Gasteiger partial charge on any atom is -0.495 e. The molecule has 2 aromatic heterocycles. The van der Waals surface area contributed by atoms with E-state index in [0.717, 1.165) is 31.5 Å². The number of benzene rings is 3. The lowest BCUT2D eigenvalue weighted by Crippen LogP contribution is -2.43. The van der Waals surface area contributed by atoms with Crippen LogP contribution in [0.3, 0.4) is 0 Å². The molecule has 286 valence electrons. The Morgan fingerprint density at radius 1 is 0.964 bits per heavy atom. The van der Waals surface area contributed by atoms with Crippen molar-refractivity contribution in [1.29, 1.82) is 0 Å². The zero-order valence-electron chi connectivity index (χ0n) is 31.6. The Hall–Kier alpha value is -6.41. The molecular formula is C42H42N8O6. The van der Waals surface area contributed by atoms with Crippen molar-refractivity contribution in [1.82, 2.24) is 35.6 Å². The van der Waals surface area contributed by atoms with Gasteiger partial charge in [-0.05, 0) is 80.7 Å². The molecular weight excluding hydrogens is 713 g/mol. The van der Waals surface area contributed by atoms with E-state index in [9.17, 15) is 19.2 Å². The van der Waals surface area contributed by atoms with Crippen LogP contribution in [0.1, 0.15) is 91.0 Å². The highest BCUT2D eigenvalue weighted by Crippen LogP contribution is 2.44. The van der Waals surface area contributed by atoms with Crippen LogP contribution in [0.25, 0.3) is 11.5 Å². The number of anilines is 2. The van der Waals surface area contributed by atoms with Crippen LogP contribution in [0.15, 0.2) is 83.5 Å². The van der Waals surface area contributed by atoms with E-state index in [1.165, 1.54) is 12.0 Å². The van der Waals surface area contributed by atoms with Crippen molar-refractivity contribution in [2.24, 2.45) is 0 Å². The van der Waals surface area contributed by atoms with E-state index in [2.05, 4.69) is 38.0 Å². The summed E-state index contributed by atoms with van der Waals surface area (Å²) in [5.41, 5.74) is 3.89. The summed E-state index contributed by atoms with van der Waals surface area (Å²) in [4.78, 5) is 66.6. The van der Waals surface area contributed by atoms with Gasteiger partial charge in [0.2, 0.25) is 5.95 Å². The van der Waals surface area contributed by atoms with Crippen LogP contribution in [0, 0.1) is 0 Å². The second kappa shape index (κ2) is 14.7. The second-order valence-corrected chi connectivity index (χ2v) is 15.1. The van der Waals surface area contributed by atoms with Gasteiger partial charge in [0.15, 0.2) is 11.5 Å². The van der Waals surface area contributed by atoms with Crippen molar-refractivity contribution in [3.8, 4) is 17.2 Å². The summed E-state index contributed by atoms with van der Waals surface area (Å²) < 4.78 is 11.5. The highest BCUT2D eigenvalue weighted by Gasteiger charge is 2.41. The Bertz CT molecular complexity index is 2320. The SMILES string of the molecule is COc1cc(C(=O)NC2CCN(C)CC2)ccc1Nc1ncc2c(n1)-c1onc(C(=O)N[C@H](CN3C(=O)c4ccccc4C3=O)c3ccccc3)c1CC2(C)C. The highest BCUT2D eigenvalue weighted by atomic mass is 16.5. The lowest BCUT2D eigenvalue weighted by Gasteiger charge is -2.30. The molecule has 2 aliphatic heterocycles. The van der Waals surface area contributed by atoms with Gasteiger partial charge in [-0.2, -0.15) is 0 Å². The number of hydrogen-bond donors (Lipinski definition) is 3. The molecule has 14 nitrogen and oxygen atoms in total. The molecule has 1 atom stereocenters. The maximum atomic E-state index is 14.1. The summed E-state index contributed by atoms with van der Waals surface area (Å²) in [6, 6.07) is 20.4. The summed E-state index contributed by atoms with van der Waals surface area (Å²) in [6.07, 6.45) is 3.95. The first kappa shape index (κ1) is 36.6. The number of nitrogens with zero attached hydrogens (tertiary/aromatic N) is 5. The summed E-state index contributed by atoms with van der Waals surface area (Å²) in [7, 11) is 3.61. The largest absolute Gasteiger partial charge is 0.495 e. The molecule has 5 aromatic rings. The third-order valence-corrected chi connectivity index (χ3v) is 10.9. The average molecular weight is 755 g/mol. The van der Waals surface area contributed by atoms with E-state index in [1.807, 2.05) is 44.2 Å². The number of hydrogen-bond acceptors (Lipinski definition) is 11. The van der Waals surface area contributed by atoms with Crippen LogP contribution >= 0.6 is 0 Å². The summed E-state index contributed by atoms with van der Waals surface area (Å²) in [5.74, 6) is -0.463. The molecule has 0 radical (unpaired) electrons. The summed E-state index contributed by atoms with van der Waals surface area (Å²) in [6.45, 7) is 5.87. The monoisotopic (exact) mass is 754 g/mol. The van der Waals surface area contributed by atoms with Crippen molar-refractivity contribution in [3.05, 3.63) is 118 Å². The number of ether oxygens (including phenoxy) is 1. The molecule has 1 saturated heterocycles. The van der Waals surface area contributed by atoms with Crippen molar-refractivity contribution < 1.29 is 28.4 Å². The molecule has 1 aliphatic carbocycles. The third kappa shape index (κ3) is 6.87. The minimum absolute atomic E-state index is 0.0772. The van der Waals surface area contributed by atoms with Gasteiger partial charge in [0.05, 0.1) is 36.5 Å². The maximum Gasteiger partial charge on any atom is 0.274 e. The first-order chi connectivity index (χ1) is 27.0. The lowest BCUT2D eigenvalue weighted by atomic mass is 9.74. The Kier molecular flexibility index (Phi) is 9.58. The van der Waals surface area contributed by atoms with E-state index >= 15 is 0 Å². The molecule has 1 fully saturated rings. The van der Waals surface area contributed by atoms with Crippen LogP contribution in [0.4, 0.5) is 11.6 Å². The number of rotatable bonds is 10. The standard InChI is InChI=1S/C42H42N8O6/c1-42(2)21-29-34(38(52)45-32(24-10-6-5-7-11-24)23-50-39(53)27-12-8-9-13-28(27)40(50)54)48-56-36(29)35-30(42)22-43-41(47-35)46-31-15-14-25(20-33(31)55-4)37(51)44-26-16-18-49(3)19-17-26/h5-15,20,22,26,32H,16-19,21,23H2,1-4H3,(H,44,51)(H,45,52)(H,43,46,47)/t32-/m1/s1. The van der Waals surface area contributed by atoms with Gasteiger partial charge in [-0.15, -0.1) is 0 Å².